The number of hydrogen-bond acceptors (Lipinski definition) is 7. The number of carbonyl (C=O) groups excluding carboxylic acids is 1. The number of methoxy groups -OCH3 is 4. The Morgan fingerprint density at radius 1 is 0.970 bits per heavy atom. The van der Waals surface area contributed by atoms with Gasteiger partial charge in [-0.25, -0.2) is 0 Å². The Morgan fingerprint density at radius 3 is 2.18 bits per heavy atom. The fraction of sp³-hybridized carbons (Fsp3) is 0.435. The number of benzene rings is 2. The highest BCUT2D eigenvalue weighted by Gasteiger charge is 2.49. The second-order valence-corrected chi connectivity index (χ2v) is 7.30. The first-order chi connectivity index (χ1) is 16.0. The smallest absolute Gasteiger partial charge is 0.239 e. The molecule has 2 aromatic carbocycles. The summed E-state index contributed by atoms with van der Waals surface area (Å²) in [6.45, 7) is 2.62. The lowest BCUT2D eigenvalue weighted by Crippen LogP contribution is -2.58. The van der Waals surface area contributed by atoms with Crippen LogP contribution in [-0.2, 0) is 4.79 Å². The lowest BCUT2D eigenvalue weighted by molar-refractivity contribution is -0.126. The minimum atomic E-state index is -0.897. The Bertz CT molecular complexity index is 1030. The molecule has 1 amide bonds. The Kier molecular flexibility index (Phi) is 7.74. The molecule has 10 heteroatoms. The summed E-state index contributed by atoms with van der Waals surface area (Å²) < 4.78 is 27.6. The van der Waals surface area contributed by atoms with Gasteiger partial charge < -0.3 is 28.6 Å². The Hall–Kier alpha value is -3.78. The maximum absolute atomic E-state index is 13.0. The van der Waals surface area contributed by atoms with Crippen molar-refractivity contribution in [2.45, 2.75) is 31.8 Å². The maximum Gasteiger partial charge on any atom is 0.239 e. The number of azide groups is 1. The highest BCUT2D eigenvalue weighted by Crippen LogP contribution is 2.48. The van der Waals surface area contributed by atoms with E-state index in [1.54, 1.807) is 30.2 Å². The minimum absolute atomic E-state index is 0.337. The standard InChI is InChI=1S/C23H28N4O6/c1-6-7-10-33-17-11-14(8-9-16(17)29-2)21-20(25-26-24)23(28)27(21)15-12-18(30-3)22(32-5)19(13-15)31-4/h8-9,11-13,20-21H,6-7,10H2,1-5H3/t20-,21-/m0/s1. The third-order valence-corrected chi connectivity index (χ3v) is 5.46. The first-order valence-corrected chi connectivity index (χ1v) is 10.5. The van der Waals surface area contributed by atoms with Crippen LogP contribution in [0.1, 0.15) is 31.4 Å². The molecule has 2 aromatic rings. The highest BCUT2D eigenvalue weighted by atomic mass is 16.5. The zero-order chi connectivity index (χ0) is 24.0. The number of unbranched alkanes of at least 4 members (excludes halogenated alkanes) is 1. The van der Waals surface area contributed by atoms with Gasteiger partial charge in [-0.1, -0.05) is 24.5 Å². The molecule has 1 aliphatic rings. The SMILES string of the molecule is CCCCOc1cc([C@H]2[C@H](N=[N+]=[N-])C(=O)N2c2cc(OC)c(OC)c(OC)c2)ccc1OC. The first kappa shape index (κ1) is 23.9. The van der Waals surface area contributed by atoms with Crippen molar-refractivity contribution in [1.82, 2.24) is 0 Å². The van der Waals surface area contributed by atoms with Crippen molar-refractivity contribution >= 4 is 11.6 Å². The predicted octanol–water partition coefficient (Wildman–Crippen LogP) is 4.67. The number of amides is 1. The van der Waals surface area contributed by atoms with Gasteiger partial charge in [-0.15, -0.1) is 0 Å². The van der Waals surface area contributed by atoms with E-state index in [0.29, 0.717) is 41.0 Å². The molecule has 0 N–H and O–H groups in total. The summed E-state index contributed by atoms with van der Waals surface area (Å²) >= 11 is 0. The van der Waals surface area contributed by atoms with Crippen molar-refractivity contribution in [2.24, 2.45) is 5.11 Å². The molecule has 0 radical (unpaired) electrons. The van der Waals surface area contributed by atoms with E-state index < -0.39 is 12.1 Å². The first-order valence-electron chi connectivity index (χ1n) is 10.5. The molecule has 1 heterocycles. The van der Waals surface area contributed by atoms with Gasteiger partial charge in [-0.2, -0.15) is 0 Å². The van der Waals surface area contributed by atoms with E-state index in [2.05, 4.69) is 16.9 Å². The van der Waals surface area contributed by atoms with Gasteiger partial charge in [0.05, 0.1) is 46.8 Å². The Morgan fingerprint density at radius 2 is 1.64 bits per heavy atom. The molecular formula is C23H28N4O6. The van der Waals surface area contributed by atoms with Gasteiger partial charge in [0.15, 0.2) is 23.0 Å². The van der Waals surface area contributed by atoms with Gasteiger partial charge in [0, 0.05) is 17.0 Å². The van der Waals surface area contributed by atoms with Crippen molar-refractivity contribution in [3.8, 4) is 28.7 Å². The third-order valence-electron chi connectivity index (χ3n) is 5.46. The number of carbonyl (C=O) groups is 1. The topological polar surface area (TPSA) is 115 Å². The third kappa shape index (κ3) is 4.56. The van der Waals surface area contributed by atoms with E-state index in [9.17, 15) is 4.79 Å². The molecule has 10 nitrogen and oxygen atoms in total. The van der Waals surface area contributed by atoms with E-state index in [0.717, 1.165) is 18.4 Å². The van der Waals surface area contributed by atoms with Crippen LogP contribution in [0.4, 0.5) is 5.69 Å². The summed E-state index contributed by atoms with van der Waals surface area (Å²) in [6.07, 6.45) is 1.89. The monoisotopic (exact) mass is 456 g/mol. The molecule has 3 rings (SSSR count). The van der Waals surface area contributed by atoms with Crippen molar-refractivity contribution in [3.63, 3.8) is 0 Å². The Labute approximate surface area is 192 Å². The fourth-order valence-electron chi connectivity index (χ4n) is 3.78. The van der Waals surface area contributed by atoms with Crippen LogP contribution >= 0.6 is 0 Å². The molecule has 1 aliphatic heterocycles. The number of ether oxygens (including phenoxy) is 5. The summed E-state index contributed by atoms with van der Waals surface area (Å²) in [5, 5.41) is 3.74. The second-order valence-electron chi connectivity index (χ2n) is 7.30. The number of β-lactam (4-membered cyclic amide) rings is 1. The van der Waals surface area contributed by atoms with Crippen LogP contribution in [0.5, 0.6) is 28.7 Å². The van der Waals surface area contributed by atoms with Crippen molar-refractivity contribution in [3.05, 3.63) is 46.3 Å². The number of nitrogens with zero attached hydrogens (tertiary/aromatic N) is 4. The highest BCUT2D eigenvalue weighted by molar-refractivity contribution is 6.06. The van der Waals surface area contributed by atoms with Crippen molar-refractivity contribution in [1.29, 1.82) is 0 Å². The average Bonchev–Trinajstić information content (AvgIpc) is 2.84. The molecule has 0 aromatic heterocycles. The molecule has 0 saturated carbocycles. The van der Waals surface area contributed by atoms with Gasteiger partial charge in [0.1, 0.15) is 6.04 Å². The molecule has 0 aliphatic carbocycles. The fourth-order valence-corrected chi connectivity index (χ4v) is 3.78. The normalized spacial score (nSPS) is 17.0. The van der Waals surface area contributed by atoms with Crippen LogP contribution < -0.4 is 28.6 Å². The zero-order valence-electron chi connectivity index (χ0n) is 19.4. The quantitative estimate of drug-likeness (QED) is 0.160. The van der Waals surface area contributed by atoms with Gasteiger partial charge in [-0.3, -0.25) is 4.79 Å². The average molecular weight is 456 g/mol. The lowest BCUT2D eigenvalue weighted by atomic mass is 9.88. The van der Waals surface area contributed by atoms with Crippen molar-refractivity contribution in [2.75, 3.05) is 39.9 Å². The molecule has 1 fully saturated rings. The van der Waals surface area contributed by atoms with Gasteiger partial charge in [0.25, 0.3) is 0 Å². The number of hydrogen-bond donors (Lipinski definition) is 0. The molecular weight excluding hydrogens is 428 g/mol. The van der Waals surface area contributed by atoms with Crippen LogP contribution in [0.15, 0.2) is 35.4 Å². The van der Waals surface area contributed by atoms with Crippen LogP contribution in [0, 0.1) is 0 Å². The van der Waals surface area contributed by atoms with E-state index in [1.807, 2.05) is 12.1 Å². The van der Waals surface area contributed by atoms with E-state index in [4.69, 9.17) is 29.2 Å². The molecule has 0 spiro atoms. The van der Waals surface area contributed by atoms with Gasteiger partial charge in [0.2, 0.25) is 11.7 Å². The number of anilines is 1. The number of rotatable bonds is 11. The second kappa shape index (κ2) is 10.7. The molecule has 1 saturated heterocycles. The summed E-state index contributed by atoms with van der Waals surface area (Å²) in [5.41, 5.74) is 10.3. The van der Waals surface area contributed by atoms with Gasteiger partial charge >= 0.3 is 0 Å². The lowest BCUT2D eigenvalue weighted by Gasteiger charge is -2.45. The summed E-state index contributed by atoms with van der Waals surface area (Å²) in [6, 6.07) is 7.34. The molecule has 33 heavy (non-hydrogen) atoms. The summed E-state index contributed by atoms with van der Waals surface area (Å²) in [7, 11) is 6.08. The van der Waals surface area contributed by atoms with Crippen LogP contribution in [0.2, 0.25) is 0 Å². The summed E-state index contributed by atoms with van der Waals surface area (Å²) in [5.74, 6) is 2.03. The van der Waals surface area contributed by atoms with Crippen LogP contribution in [0.25, 0.3) is 10.4 Å². The zero-order valence-corrected chi connectivity index (χ0v) is 19.4. The van der Waals surface area contributed by atoms with E-state index >= 15 is 0 Å². The minimum Gasteiger partial charge on any atom is -0.493 e. The Balaban J connectivity index is 2.07. The molecule has 0 unspecified atom stereocenters. The largest absolute Gasteiger partial charge is 0.493 e. The summed E-state index contributed by atoms with van der Waals surface area (Å²) in [4.78, 5) is 17.4. The van der Waals surface area contributed by atoms with Crippen LogP contribution in [-0.4, -0.2) is 47.0 Å². The molecule has 0 bridgehead atoms. The van der Waals surface area contributed by atoms with Crippen LogP contribution in [0.3, 0.4) is 0 Å². The molecule has 176 valence electrons. The van der Waals surface area contributed by atoms with E-state index in [-0.39, 0.29) is 5.91 Å². The maximum atomic E-state index is 13.0. The van der Waals surface area contributed by atoms with Gasteiger partial charge in [-0.05, 0) is 29.6 Å². The molecule has 2 atom stereocenters. The van der Waals surface area contributed by atoms with E-state index in [1.165, 1.54) is 21.3 Å². The van der Waals surface area contributed by atoms with Crippen molar-refractivity contribution < 1.29 is 28.5 Å². The predicted molar refractivity (Wildman–Crippen MR) is 123 cm³/mol.